The van der Waals surface area contributed by atoms with Crippen molar-refractivity contribution in [1.82, 2.24) is 29.7 Å². The molecule has 172 valence electrons. The van der Waals surface area contributed by atoms with Crippen LogP contribution < -0.4 is 0 Å². The molecule has 2 aliphatic rings. The van der Waals surface area contributed by atoms with Crippen molar-refractivity contribution in [3.63, 3.8) is 0 Å². The number of aromatic amines is 1. The highest BCUT2D eigenvalue weighted by molar-refractivity contribution is 5.95. The number of piperidine rings is 1. The molecule has 0 aliphatic carbocycles. The summed E-state index contributed by atoms with van der Waals surface area (Å²) in [7, 11) is 0. The number of fused-ring (bicyclic) bond motifs is 1. The van der Waals surface area contributed by atoms with Gasteiger partial charge >= 0.3 is 0 Å². The number of amides is 2. The number of benzene rings is 1. The normalized spacial score (nSPS) is 19.2. The SMILES string of the molecule is Cc1ccc2nc(C(=O)N3CCCC[C@H]3c3ncc(C(=O)N4CCOCC4)c(C)n3)[nH]c2c1. The number of nitrogens with zero attached hydrogens (tertiary/aromatic N) is 5. The molecule has 0 bridgehead atoms. The summed E-state index contributed by atoms with van der Waals surface area (Å²) in [6.07, 6.45) is 4.30. The third-order valence-corrected chi connectivity index (χ3v) is 6.43. The van der Waals surface area contributed by atoms with Crippen molar-refractivity contribution >= 4 is 22.8 Å². The van der Waals surface area contributed by atoms with E-state index in [1.165, 1.54) is 0 Å². The zero-order chi connectivity index (χ0) is 22.9. The Morgan fingerprint density at radius 3 is 2.67 bits per heavy atom. The molecule has 0 spiro atoms. The van der Waals surface area contributed by atoms with Gasteiger partial charge in [0.1, 0.15) is 0 Å². The number of likely N-dealkylation sites (tertiary alicyclic amines) is 1. The van der Waals surface area contributed by atoms with Gasteiger partial charge in [-0.2, -0.15) is 0 Å². The van der Waals surface area contributed by atoms with E-state index in [1.807, 2.05) is 36.9 Å². The summed E-state index contributed by atoms with van der Waals surface area (Å²) in [6, 6.07) is 5.65. The van der Waals surface area contributed by atoms with Crippen molar-refractivity contribution in [2.45, 2.75) is 39.2 Å². The molecule has 1 atom stereocenters. The summed E-state index contributed by atoms with van der Waals surface area (Å²) in [5.41, 5.74) is 3.87. The highest BCUT2D eigenvalue weighted by Crippen LogP contribution is 2.30. The fourth-order valence-electron chi connectivity index (χ4n) is 4.60. The standard InChI is InChI=1S/C24H28N6O3/c1-15-6-7-18-19(13-15)28-22(27-18)24(32)30-8-4-3-5-20(30)21-25-14-17(16(2)26-21)23(31)29-9-11-33-12-10-29/h6-7,13-14,20H,3-5,8-12H2,1-2H3,(H,27,28)/t20-/m0/s1. The van der Waals surface area contributed by atoms with Crippen LogP contribution >= 0.6 is 0 Å². The second-order valence-corrected chi connectivity index (χ2v) is 8.75. The van der Waals surface area contributed by atoms with Gasteiger partial charge in [0.2, 0.25) is 0 Å². The molecule has 2 aromatic heterocycles. The molecule has 9 nitrogen and oxygen atoms in total. The second-order valence-electron chi connectivity index (χ2n) is 8.75. The molecule has 2 fully saturated rings. The van der Waals surface area contributed by atoms with Gasteiger partial charge in [0.25, 0.3) is 11.8 Å². The Morgan fingerprint density at radius 1 is 1.06 bits per heavy atom. The van der Waals surface area contributed by atoms with Crippen LogP contribution in [0.2, 0.25) is 0 Å². The van der Waals surface area contributed by atoms with Crippen LogP contribution in [0.1, 0.15) is 63.4 Å². The number of carbonyl (C=O) groups excluding carboxylic acids is 2. The van der Waals surface area contributed by atoms with Crippen LogP contribution in [0.5, 0.6) is 0 Å². The molecular weight excluding hydrogens is 420 g/mol. The lowest BCUT2D eigenvalue weighted by Gasteiger charge is -2.34. The molecule has 3 aromatic rings. The predicted octanol–water partition coefficient (Wildman–Crippen LogP) is 2.81. The maximum absolute atomic E-state index is 13.4. The van der Waals surface area contributed by atoms with Crippen LogP contribution in [0.3, 0.4) is 0 Å². The molecule has 33 heavy (non-hydrogen) atoms. The number of hydrogen-bond acceptors (Lipinski definition) is 6. The van der Waals surface area contributed by atoms with E-state index in [2.05, 4.69) is 19.9 Å². The number of imidazole rings is 1. The number of carbonyl (C=O) groups is 2. The van der Waals surface area contributed by atoms with Crippen molar-refractivity contribution in [3.05, 3.63) is 52.9 Å². The van der Waals surface area contributed by atoms with E-state index in [0.29, 0.717) is 55.8 Å². The van der Waals surface area contributed by atoms with Crippen molar-refractivity contribution in [3.8, 4) is 0 Å². The average Bonchev–Trinajstić information content (AvgIpc) is 3.27. The summed E-state index contributed by atoms with van der Waals surface area (Å²) in [4.78, 5) is 46.8. The predicted molar refractivity (Wildman–Crippen MR) is 122 cm³/mol. The van der Waals surface area contributed by atoms with Gasteiger partial charge in [0, 0.05) is 25.8 Å². The molecule has 9 heteroatoms. The van der Waals surface area contributed by atoms with Crippen molar-refractivity contribution in [1.29, 1.82) is 0 Å². The van der Waals surface area contributed by atoms with Gasteiger partial charge in [-0.25, -0.2) is 15.0 Å². The number of ether oxygens (including phenoxy) is 1. The first-order chi connectivity index (χ1) is 16.0. The molecule has 2 aliphatic heterocycles. The number of H-pyrrole nitrogens is 1. The second kappa shape index (κ2) is 8.90. The minimum atomic E-state index is -0.243. The minimum absolute atomic E-state index is 0.0727. The Bertz CT molecular complexity index is 1200. The first-order valence-electron chi connectivity index (χ1n) is 11.5. The Kier molecular flexibility index (Phi) is 5.80. The molecule has 1 N–H and O–H groups in total. The van der Waals surface area contributed by atoms with Crippen LogP contribution in [0.4, 0.5) is 0 Å². The van der Waals surface area contributed by atoms with Crippen LogP contribution in [-0.2, 0) is 4.74 Å². The number of hydrogen-bond donors (Lipinski definition) is 1. The zero-order valence-electron chi connectivity index (χ0n) is 19.0. The largest absolute Gasteiger partial charge is 0.378 e. The summed E-state index contributed by atoms with van der Waals surface area (Å²) in [6.45, 7) is 6.69. The number of aromatic nitrogens is 4. The lowest BCUT2D eigenvalue weighted by Crippen LogP contribution is -2.41. The van der Waals surface area contributed by atoms with E-state index in [1.54, 1.807) is 11.1 Å². The summed E-state index contributed by atoms with van der Waals surface area (Å²) in [5.74, 6) is 0.684. The molecule has 2 amide bonds. The molecule has 2 saturated heterocycles. The van der Waals surface area contributed by atoms with Crippen molar-refractivity contribution < 1.29 is 14.3 Å². The maximum Gasteiger partial charge on any atom is 0.290 e. The topological polar surface area (TPSA) is 104 Å². The molecule has 0 unspecified atom stereocenters. The minimum Gasteiger partial charge on any atom is -0.378 e. The quantitative estimate of drug-likeness (QED) is 0.661. The lowest BCUT2D eigenvalue weighted by molar-refractivity contribution is 0.0301. The molecule has 1 aromatic carbocycles. The van der Waals surface area contributed by atoms with Gasteiger partial charge < -0.3 is 19.5 Å². The first kappa shape index (κ1) is 21.5. The third-order valence-electron chi connectivity index (χ3n) is 6.43. The number of morpholine rings is 1. The fourth-order valence-corrected chi connectivity index (χ4v) is 4.60. The van der Waals surface area contributed by atoms with Gasteiger partial charge in [-0.1, -0.05) is 6.07 Å². The maximum atomic E-state index is 13.4. The monoisotopic (exact) mass is 448 g/mol. The Hall–Kier alpha value is -3.33. The Balaban J connectivity index is 1.40. The van der Waals surface area contributed by atoms with Crippen LogP contribution in [0, 0.1) is 13.8 Å². The highest BCUT2D eigenvalue weighted by Gasteiger charge is 2.33. The smallest absolute Gasteiger partial charge is 0.290 e. The van der Waals surface area contributed by atoms with Crippen LogP contribution in [0.15, 0.2) is 24.4 Å². The first-order valence-corrected chi connectivity index (χ1v) is 11.5. The third kappa shape index (κ3) is 4.20. The van der Waals surface area contributed by atoms with E-state index in [4.69, 9.17) is 4.74 Å². The average molecular weight is 449 g/mol. The van der Waals surface area contributed by atoms with Crippen molar-refractivity contribution in [2.75, 3.05) is 32.8 Å². The van der Waals surface area contributed by atoms with E-state index >= 15 is 0 Å². The molecule has 0 radical (unpaired) electrons. The van der Waals surface area contributed by atoms with Gasteiger partial charge in [-0.3, -0.25) is 9.59 Å². The van der Waals surface area contributed by atoms with E-state index < -0.39 is 0 Å². The van der Waals surface area contributed by atoms with Gasteiger partial charge in [0.05, 0.1) is 41.5 Å². The van der Waals surface area contributed by atoms with Crippen molar-refractivity contribution in [2.24, 2.45) is 0 Å². The van der Waals surface area contributed by atoms with Crippen LogP contribution in [-0.4, -0.2) is 74.4 Å². The lowest BCUT2D eigenvalue weighted by atomic mass is 10.0. The van der Waals surface area contributed by atoms with Gasteiger partial charge in [-0.15, -0.1) is 0 Å². The molecule has 0 saturated carbocycles. The Morgan fingerprint density at radius 2 is 1.88 bits per heavy atom. The van der Waals surface area contributed by atoms with E-state index in [0.717, 1.165) is 35.9 Å². The van der Waals surface area contributed by atoms with E-state index in [9.17, 15) is 9.59 Å². The summed E-state index contributed by atoms with van der Waals surface area (Å²) < 4.78 is 5.34. The fraction of sp³-hybridized carbons (Fsp3) is 0.458. The highest BCUT2D eigenvalue weighted by atomic mass is 16.5. The molecule has 5 rings (SSSR count). The molecular formula is C24H28N6O3. The number of aryl methyl sites for hydroxylation is 2. The van der Waals surface area contributed by atoms with Gasteiger partial charge in [-0.05, 0) is 50.8 Å². The summed E-state index contributed by atoms with van der Waals surface area (Å²) in [5, 5.41) is 0. The van der Waals surface area contributed by atoms with E-state index in [-0.39, 0.29) is 17.9 Å². The van der Waals surface area contributed by atoms with Gasteiger partial charge in [0.15, 0.2) is 11.6 Å². The number of nitrogens with one attached hydrogen (secondary N) is 1. The zero-order valence-corrected chi connectivity index (χ0v) is 19.0. The summed E-state index contributed by atoms with van der Waals surface area (Å²) >= 11 is 0. The number of rotatable bonds is 3. The van der Waals surface area contributed by atoms with Crippen LogP contribution in [0.25, 0.3) is 11.0 Å². The molecule has 4 heterocycles. The Labute approximate surface area is 192 Å².